The predicted octanol–water partition coefficient (Wildman–Crippen LogP) is 4.42. The third-order valence-electron chi connectivity index (χ3n) is 3.98. The molecule has 1 amide bonds. The Morgan fingerprint density at radius 2 is 1.82 bits per heavy atom. The molecule has 0 fully saturated rings. The summed E-state index contributed by atoms with van der Waals surface area (Å²) in [5.74, 6) is -0.324. The van der Waals surface area contributed by atoms with Gasteiger partial charge in [-0.2, -0.15) is 0 Å². The fourth-order valence-electron chi connectivity index (χ4n) is 2.42. The number of thiazole rings is 1. The molecule has 144 valence electrons. The predicted molar refractivity (Wildman–Crippen MR) is 110 cm³/mol. The molecule has 4 nitrogen and oxygen atoms in total. The number of thioether (sulfide) groups is 1. The lowest BCUT2D eigenvalue weighted by molar-refractivity contribution is -0.120. The van der Waals surface area contributed by atoms with Crippen molar-refractivity contribution in [1.82, 2.24) is 10.3 Å². The molecule has 0 saturated heterocycles. The number of nitrogens with one attached hydrogen (secondary N) is 1. The van der Waals surface area contributed by atoms with Crippen molar-refractivity contribution in [3.05, 3.63) is 82.1 Å². The SMILES string of the molecule is Cc1ccc(CNC(=O)Cc2csc(SCC(=O)c3ccc(F)cc3)n2)cc1. The number of aryl methyl sites for hydroxylation is 1. The Labute approximate surface area is 171 Å². The second-order valence-electron chi connectivity index (χ2n) is 6.26. The minimum absolute atomic E-state index is 0.0856. The molecule has 0 aliphatic rings. The minimum Gasteiger partial charge on any atom is -0.352 e. The molecular formula is C21H19FN2O2S2. The van der Waals surface area contributed by atoms with Crippen LogP contribution in [0.4, 0.5) is 4.39 Å². The Balaban J connectivity index is 1.45. The van der Waals surface area contributed by atoms with E-state index in [1.54, 1.807) is 0 Å². The molecule has 1 N–H and O–H groups in total. The highest BCUT2D eigenvalue weighted by Gasteiger charge is 2.11. The van der Waals surface area contributed by atoms with Gasteiger partial charge in [0.05, 0.1) is 17.9 Å². The number of Topliss-reactive ketones (excluding diaryl/α,β-unsaturated/α-hetero) is 1. The lowest BCUT2D eigenvalue weighted by atomic mass is 10.1. The highest BCUT2D eigenvalue weighted by molar-refractivity contribution is 8.01. The topological polar surface area (TPSA) is 59.1 Å². The average Bonchev–Trinajstić information content (AvgIpc) is 3.13. The van der Waals surface area contributed by atoms with Gasteiger partial charge in [0.1, 0.15) is 5.82 Å². The zero-order chi connectivity index (χ0) is 19.9. The number of hydrogen-bond donors (Lipinski definition) is 1. The van der Waals surface area contributed by atoms with E-state index in [0.717, 1.165) is 9.90 Å². The summed E-state index contributed by atoms with van der Waals surface area (Å²) >= 11 is 2.73. The van der Waals surface area contributed by atoms with Gasteiger partial charge >= 0.3 is 0 Å². The molecule has 7 heteroatoms. The summed E-state index contributed by atoms with van der Waals surface area (Å²) in [4.78, 5) is 28.6. The molecule has 0 spiro atoms. The summed E-state index contributed by atoms with van der Waals surface area (Å²) < 4.78 is 13.7. The highest BCUT2D eigenvalue weighted by Crippen LogP contribution is 2.24. The number of rotatable bonds is 8. The van der Waals surface area contributed by atoms with Crippen LogP contribution in [0.15, 0.2) is 58.3 Å². The lowest BCUT2D eigenvalue weighted by Gasteiger charge is -2.04. The first kappa shape index (κ1) is 20.2. The van der Waals surface area contributed by atoms with Gasteiger partial charge in [0.15, 0.2) is 10.1 Å². The maximum Gasteiger partial charge on any atom is 0.226 e. The number of amides is 1. The molecule has 28 heavy (non-hydrogen) atoms. The Kier molecular flexibility index (Phi) is 6.95. The van der Waals surface area contributed by atoms with Gasteiger partial charge in [-0.15, -0.1) is 11.3 Å². The first-order chi connectivity index (χ1) is 13.5. The van der Waals surface area contributed by atoms with Crippen LogP contribution in [0.3, 0.4) is 0 Å². The van der Waals surface area contributed by atoms with Crippen LogP contribution in [0.5, 0.6) is 0 Å². The molecule has 0 atom stereocenters. The van der Waals surface area contributed by atoms with Gasteiger partial charge in [0.25, 0.3) is 0 Å². The number of carbonyl (C=O) groups is 2. The van der Waals surface area contributed by atoms with Crippen LogP contribution in [0.25, 0.3) is 0 Å². The quantitative estimate of drug-likeness (QED) is 0.438. The molecule has 0 unspecified atom stereocenters. The molecule has 0 aliphatic heterocycles. The van der Waals surface area contributed by atoms with E-state index in [1.165, 1.54) is 52.9 Å². The molecule has 2 aromatic carbocycles. The van der Waals surface area contributed by atoms with Crippen LogP contribution in [0.1, 0.15) is 27.2 Å². The van der Waals surface area contributed by atoms with Crippen molar-refractivity contribution in [1.29, 1.82) is 0 Å². The van der Waals surface area contributed by atoms with E-state index in [9.17, 15) is 14.0 Å². The average molecular weight is 415 g/mol. The summed E-state index contributed by atoms with van der Waals surface area (Å²) in [5, 5.41) is 4.72. The first-order valence-electron chi connectivity index (χ1n) is 8.68. The molecule has 0 radical (unpaired) electrons. The Morgan fingerprint density at radius 3 is 2.54 bits per heavy atom. The second kappa shape index (κ2) is 9.61. The van der Waals surface area contributed by atoms with E-state index in [1.807, 2.05) is 36.6 Å². The van der Waals surface area contributed by atoms with Crippen molar-refractivity contribution in [2.24, 2.45) is 0 Å². The van der Waals surface area contributed by atoms with Crippen LogP contribution in [0.2, 0.25) is 0 Å². The van der Waals surface area contributed by atoms with Crippen molar-refractivity contribution >= 4 is 34.8 Å². The number of hydrogen-bond acceptors (Lipinski definition) is 5. The molecule has 0 bridgehead atoms. The second-order valence-corrected chi connectivity index (χ2v) is 8.34. The van der Waals surface area contributed by atoms with Gasteiger partial charge in [-0.25, -0.2) is 9.37 Å². The van der Waals surface area contributed by atoms with Gasteiger partial charge < -0.3 is 5.32 Å². The summed E-state index contributed by atoms with van der Waals surface area (Å²) in [6.07, 6.45) is 0.203. The fourth-order valence-corrected chi connectivity index (χ4v) is 4.16. The van der Waals surface area contributed by atoms with E-state index in [-0.39, 0.29) is 29.7 Å². The Hall–Kier alpha value is -2.51. The summed E-state index contributed by atoms with van der Waals surface area (Å²) in [7, 11) is 0. The zero-order valence-electron chi connectivity index (χ0n) is 15.3. The van der Waals surface area contributed by atoms with Gasteiger partial charge in [-0.05, 0) is 36.8 Å². The summed E-state index contributed by atoms with van der Waals surface area (Å²) in [5.41, 5.74) is 3.39. The Morgan fingerprint density at radius 1 is 1.11 bits per heavy atom. The van der Waals surface area contributed by atoms with Gasteiger partial charge in [0.2, 0.25) is 5.91 Å². The fraction of sp³-hybridized carbons (Fsp3) is 0.190. The van der Waals surface area contributed by atoms with E-state index in [4.69, 9.17) is 0 Å². The third-order valence-corrected chi connectivity index (χ3v) is 6.05. The molecule has 3 aromatic rings. The van der Waals surface area contributed by atoms with Gasteiger partial charge in [-0.3, -0.25) is 9.59 Å². The first-order valence-corrected chi connectivity index (χ1v) is 10.5. The molecule has 1 heterocycles. The summed E-state index contributed by atoms with van der Waals surface area (Å²) in [6, 6.07) is 13.5. The maximum atomic E-state index is 12.9. The number of aromatic nitrogens is 1. The van der Waals surface area contributed by atoms with Crippen LogP contribution in [-0.4, -0.2) is 22.4 Å². The standard InChI is InChI=1S/C21H19FN2O2S2/c1-14-2-4-15(5-3-14)11-23-20(26)10-18-12-27-21(24-18)28-13-19(25)16-6-8-17(22)9-7-16/h2-9,12H,10-11,13H2,1H3,(H,23,26). The maximum absolute atomic E-state index is 12.9. The van der Waals surface area contributed by atoms with Crippen molar-refractivity contribution in [3.63, 3.8) is 0 Å². The van der Waals surface area contributed by atoms with E-state index in [0.29, 0.717) is 17.8 Å². The summed E-state index contributed by atoms with van der Waals surface area (Å²) in [6.45, 7) is 2.50. The van der Waals surface area contributed by atoms with Crippen molar-refractivity contribution in [2.75, 3.05) is 5.75 Å². The smallest absolute Gasteiger partial charge is 0.226 e. The number of nitrogens with zero attached hydrogens (tertiary/aromatic N) is 1. The third kappa shape index (κ3) is 6.00. The normalized spacial score (nSPS) is 10.6. The van der Waals surface area contributed by atoms with Crippen LogP contribution >= 0.6 is 23.1 Å². The lowest BCUT2D eigenvalue weighted by Crippen LogP contribution is -2.24. The van der Waals surface area contributed by atoms with Crippen LogP contribution < -0.4 is 5.32 Å². The number of halogens is 1. The van der Waals surface area contributed by atoms with Crippen LogP contribution in [0, 0.1) is 12.7 Å². The molecular weight excluding hydrogens is 395 g/mol. The molecule has 0 aliphatic carbocycles. The zero-order valence-corrected chi connectivity index (χ0v) is 16.9. The minimum atomic E-state index is -0.366. The monoisotopic (exact) mass is 414 g/mol. The van der Waals surface area contributed by atoms with Gasteiger partial charge in [0, 0.05) is 17.5 Å². The number of ketones is 1. The number of benzene rings is 2. The Bertz CT molecular complexity index is 953. The molecule has 0 saturated carbocycles. The molecule has 1 aromatic heterocycles. The number of carbonyl (C=O) groups excluding carboxylic acids is 2. The van der Waals surface area contributed by atoms with E-state index < -0.39 is 0 Å². The largest absolute Gasteiger partial charge is 0.352 e. The van der Waals surface area contributed by atoms with Crippen molar-refractivity contribution < 1.29 is 14.0 Å². The highest BCUT2D eigenvalue weighted by atomic mass is 32.2. The van der Waals surface area contributed by atoms with Gasteiger partial charge in [-0.1, -0.05) is 41.6 Å². The van der Waals surface area contributed by atoms with Crippen LogP contribution in [-0.2, 0) is 17.8 Å². The van der Waals surface area contributed by atoms with Crippen molar-refractivity contribution in [3.8, 4) is 0 Å². The van der Waals surface area contributed by atoms with E-state index >= 15 is 0 Å². The molecule has 3 rings (SSSR count). The van der Waals surface area contributed by atoms with E-state index in [2.05, 4.69) is 10.3 Å². The van der Waals surface area contributed by atoms with Crippen molar-refractivity contribution in [2.45, 2.75) is 24.2 Å².